The second kappa shape index (κ2) is 8.09. The molecule has 5 nitrogen and oxygen atoms in total. The summed E-state index contributed by atoms with van der Waals surface area (Å²) in [5, 5.41) is 3.34. The number of imide groups is 1. The Balaban J connectivity index is 1.55. The third-order valence-corrected chi connectivity index (χ3v) is 4.40. The Labute approximate surface area is 143 Å². The van der Waals surface area contributed by atoms with Crippen molar-refractivity contribution in [3.63, 3.8) is 0 Å². The van der Waals surface area contributed by atoms with Crippen LogP contribution in [0.3, 0.4) is 0 Å². The normalized spacial score (nSPS) is 19.1. The second-order valence-electron chi connectivity index (χ2n) is 6.17. The van der Waals surface area contributed by atoms with E-state index in [0.717, 1.165) is 44.7 Å². The van der Waals surface area contributed by atoms with Gasteiger partial charge in [0.25, 0.3) is 0 Å². The molecule has 0 bridgehead atoms. The van der Waals surface area contributed by atoms with Crippen LogP contribution in [-0.2, 0) is 9.59 Å². The molecule has 1 aromatic rings. The summed E-state index contributed by atoms with van der Waals surface area (Å²) >= 11 is 0. The van der Waals surface area contributed by atoms with Gasteiger partial charge in [0.1, 0.15) is 0 Å². The highest BCUT2D eigenvalue weighted by Gasteiger charge is 2.26. The summed E-state index contributed by atoms with van der Waals surface area (Å²) in [5.74, 6) is 6.14. The van der Waals surface area contributed by atoms with Crippen LogP contribution < -0.4 is 10.2 Å². The van der Waals surface area contributed by atoms with Crippen LogP contribution in [0.1, 0.15) is 31.2 Å². The minimum atomic E-state index is -0.110. The number of hydrogen-bond acceptors (Lipinski definition) is 4. The summed E-state index contributed by atoms with van der Waals surface area (Å²) in [4.78, 5) is 27.6. The van der Waals surface area contributed by atoms with Crippen molar-refractivity contribution in [2.75, 3.05) is 37.6 Å². The van der Waals surface area contributed by atoms with E-state index in [1.54, 1.807) is 12.1 Å². The number of hydrogen-bond donors (Lipinski definition) is 1. The van der Waals surface area contributed by atoms with Gasteiger partial charge in [0, 0.05) is 57.5 Å². The third kappa shape index (κ3) is 4.22. The van der Waals surface area contributed by atoms with Crippen LogP contribution in [0.4, 0.5) is 5.69 Å². The molecule has 0 aliphatic carbocycles. The van der Waals surface area contributed by atoms with Crippen molar-refractivity contribution in [1.29, 1.82) is 0 Å². The highest BCUT2D eigenvalue weighted by molar-refractivity contribution is 6.16. The predicted octanol–water partition coefficient (Wildman–Crippen LogP) is 1.38. The molecule has 0 radical (unpaired) electrons. The molecule has 126 valence electrons. The van der Waals surface area contributed by atoms with Crippen molar-refractivity contribution in [3.8, 4) is 11.8 Å². The Morgan fingerprint density at radius 1 is 1.00 bits per heavy atom. The number of carbonyl (C=O) groups excluding carboxylic acids is 2. The first-order valence-corrected chi connectivity index (χ1v) is 8.62. The van der Waals surface area contributed by atoms with E-state index >= 15 is 0 Å². The molecular weight excluding hydrogens is 302 g/mol. The van der Waals surface area contributed by atoms with E-state index < -0.39 is 0 Å². The lowest BCUT2D eigenvalue weighted by Gasteiger charge is -2.26. The fourth-order valence-electron chi connectivity index (χ4n) is 3.05. The first kappa shape index (κ1) is 16.7. The third-order valence-electron chi connectivity index (χ3n) is 4.40. The largest absolute Gasteiger partial charge is 0.314 e. The quantitative estimate of drug-likeness (QED) is 0.674. The van der Waals surface area contributed by atoms with E-state index in [2.05, 4.69) is 22.1 Å². The van der Waals surface area contributed by atoms with E-state index in [-0.39, 0.29) is 11.8 Å². The summed E-state index contributed by atoms with van der Waals surface area (Å²) in [6.07, 6.45) is 2.40. The monoisotopic (exact) mass is 325 g/mol. The highest BCUT2D eigenvalue weighted by Crippen LogP contribution is 2.22. The summed E-state index contributed by atoms with van der Waals surface area (Å²) in [6.45, 7) is 5.30. The molecule has 0 atom stereocenters. The van der Waals surface area contributed by atoms with Gasteiger partial charge in [0.05, 0.1) is 5.69 Å². The lowest BCUT2D eigenvalue weighted by atomic mass is 10.1. The van der Waals surface area contributed by atoms with Crippen LogP contribution in [0.15, 0.2) is 24.3 Å². The molecule has 0 aromatic heterocycles. The first-order valence-electron chi connectivity index (χ1n) is 8.62. The van der Waals surface area contributed by atoms with Crippen LogP contribution in [0.2, 0.25) is 0 Å². The van der Waals surface area contributed by atoms with Gasteiger partial charge in [-0.05, 0) is 30.7 Å². The summed E-state index contributed by atoms with van der Waals surface area (Å²) in [6, 6.07) is 7.37. The van der Waals surface area contributed by atoms with Crippen molar-refractivity contribution in [2.45, 2.75) is 25.7 Å². The molecule has 1 aromatic carbocycles. The highest BCUT2D eigenvalue weighted by atomic mass is 16.2. The molecule has 0 unspecified atom stereocenters. The molecule has 2 aliphatic rings. The maximum atomic E-state index is 11.9. The number of carbonyl (C=O) groups is 2. The number of piperazine rings is 1. The SMILES string of the molecule is O=C1CCCC(=O)N1c1ccc(C#CCCN2CCNCC2)cc1. The fourth-order valence-corrected chi connectivity index (χ4v) is 3.05. The van der Waals surface area contributed by atoms with Gasteiger partial charge in [0.15, 0.2) is 0 Å². The smallest absolute Gasteiger partial charge is 0.233 e. The average molecular weight is 325 g/mol. The predicted molar refractivity (Wildman–Crippen MR) is 93.6 cm³/mol. The minimum absolute atomic E-state index is 0.110. The van der Waals surface area contributed by atoms with Gasteiger partial charge < -0.3 is 5.32 Å². The number of piperidine rings is 1. The van der Waals surface area contributed by atoms with Gasteiger partial charge in [-0.25, -0.2) is 0 Å². The van der Waals surface area contributed by atoms with Gasteiger partial charge in [-0.15, -0.1) is 0 Å². The van der Waals surface area contributed by atoms with Gasteiger partial charge in [-0.3, -0.25) is 19.4 Å². The maximum absolute atomic E-state index is 11.9. The zero-order valence-corrected chi connectivity index (χ0v) is 13.9. The van der Waals surface area contributed by atoms with Crippen LogP contribution in [0.25, 0.3) is 0 Å². The van der Waals surface area contributed by atoms with Gasteiger partial charge in [0.2, 0.25) is 11.8 Å². The number of nitrogens with zero attached hydrogens (tertiary/aromatic N) is 2. The average Bonchev–Trinajstić information content (AvgIpc) is 2.61. The van der Waals surface area contributed by atoms with Crippen molar-refractivity contribution < 1.29 is 9.59 Å². The van der Waals surface area contributed by atoms with E-state index in [1.807, 2.05) is 12.1 Å². The molecule has 2 amide bonds. The van der Waals surface area contributed by atoms with E-state index in [0.29, 0.717) is 24.9 Å². The molecule has 2 saturated heterocycles. The number of benzene rings is 1. The Hall–Kier alpha value is -2.16. The molecule has 24 heavy (non-hydrogen) atoms. The van der Waals surface area contributed by atoms with Crippen LogP contribution in [-0.4, -0.2) is 49.4 Å². The van der Waals surface area contributed by atoms with Crippen molar-refractivity contribution >= 4 is 17.5 Å². The molecular formula is C19H23N3O2. The van der Waals surface area contributed by atoms with E-state index in [9.17, 15) is 9.59 Å². The van der Waals surface area contributed by atoms with Crippen molar-refractivity contribution in [1.82, 2.24) is 10.2 Å². The number of rotatable bonds is 3. The Bertz CT molecular complexity index is 635. The van der Waals surface area contributed by atoms with Gasteiger partial charge in [-0.1, -0.05) is 11.8 Å². The minimum Gasteiger partial charge on any atom is -0.314 e. The Morgan fingerprint density at radius 3 is 2.33 bits per heavy atom. The zero-order chi connectivity index (χ0) is 16.8. The standard InChI is InChI=1S/C19H23N3O2/c23-18-5-3-6-19(24)22(18)17-9-7-16(8-10-17)4-1-2-13-21-14-11-20-12-15-21/h7-10,20H,2-3,5-6,11-15H2. The first-order chi connectivity index (χ1) is 11.7. The van der Waals surface area contributed by atoms with Crippen LogP contribution >= 0.6 is 0 Å². The van der Waals surface area contributed by atoms with Gasteiger partial charge in [-0.2, -0.15) is 0 Å². The summed E-state index contributed by atoms with van der Waals surface area (Å²) in [7, 11) is 0. The Morgan fingerprint density at radius 2 is 1.67 bits per heavy atom. The molecule has 5 heteroatoms. The van der Waals surface area contributed by atoms with Crippen LogP contribution in [0.5, 0.6) is 0 Å². The summed E-state index contributed by atoms with van der Waals surface area (Å²) < 4.78 is 0. The molecule has 2 aliphatic heterocycles. The molecule has 2 fully saturated rings. The second-order valence-corrected chi connectivity index (χ2v) is 6.17. The molecule has 3 rings (SSSR count). The fraction of sp³-hybridized carbons (Fsp3) is 0.474. The van der Waals surface area contributed by atoms with Crippen molar-refractivity contribution in [3.05, 3.63) is 29.8 Å². The van der Waals surface area contributed by atoms with E-state index in [4.69, 9.17) is 0 Å². The number of amides is 2. The van der Waals surface area contributed by atoms with Gasteiger partial charge >= 0.3 is 0 Å². The van der Waals surface area contributed by atoms with E-state index in [1.165, 1.54) is 4.90 Å². The molecule has 2 heterocycles. The van der Waals surface area contributed by atoms with Crippen LogP contribution in [0, 0.1) is 11.8 Å². The lowest BCUT2D eigenvalue weighted by molar-refractivity contribution is -0.129. The molecule has 0 saturated carbocycles. The zero-order valence-electron chi connectivity index (χ0n) is 13.9. The maximum Gasteiger partial charge on any atom is 0.233 e. The lowest BCUT2D eigenvalue weighted by Crippen LogP contribution is -2.43. The Kier molecular flexibility index (Phi) is 5.63. The molecule has 0 spiro atoms. The number of anilines is 1. The topological polar surface area (TPSA) is 52.7 Å². The van der Waals surface area contributed by atoms with Crippen molar-refractivity contribution in [2.24, 2.45) is 0 Å². The summed E-state index contributed by atoms with van der Waals surface area (Å²) in [5.41, 5.74) is 1.56. The molecule has 1 N–H and O–H groups in total. The number of nitrogens with one attached hydrogen (secondary N) is 1.